The molecule has 0 radical (unpaired) electrons. The Morgan fingerprint density at radius 3 is 2.69 bits per heavy atom. The summed E-state index contributed by atoms with van der Waals surface area (Å²) < 4.78 is 5.00. The molecule has 0 aliphatic rings. The molecular formula is C9H19NO2S. The summed E-state index contributed by atoms with van der Waals surface area (Å²) in [5.41, 5.74) is 5.43. The zero-order valence-electron chi connectivity index (χ0n) is 8.32. The average molecular weight is 205 g/mol. The van der Waals surface area contributed by atoms with Gasteiger partial charge in [-0.1, -0.05) is 20.3 Å². The van der Waals surface area contributed by atoms with Gasteiger partial charge in [-0.15, -0.1) is 0 Å². The maximum atomic E-state index is 11.1. The zero-order valence-corrected chi connectivity index (χ0v) is 9.22. The molecule has 0 aromatic heterocycles. The monoisotopic (exact) mass is 205 g/mol. The number of carbonyl (C=O) groups is 1. The largest absolute Gasteiger partial charge is 0.464 e. The van der Waals surface area contributed by atoms with Crippen LogP contribution in [0.15, 0.2) is 0 Å². The van der Waals surface area contributed by atoms with Crippen molar-refractivity contribution in [2.24, 2.45) is 11.7 Å². The number of hydrogen-bond acceptors (Lipinski definition) is 4. The Balaban J connectivity index is 3.57. The third-order valence-electron chi connectivity index (χ3n) is 1.79. The highest BCUT2D eigenvalue weighted by molar-refractivity contribution is 7.80. The summed E-state index contributed by atoms with van der Waals surface area (Å²) in [4.78, 5) is 11.1. The summed E-state index contributed by atoms with van der Waals surface area (Å²) in [6.07, 6.45) is 2.18. The number of esters is 1. The van der Waals surface area contributed by atoms with Crippen LogP contribution < -0.4 is 5.73 Å². The van der Waals surface area contributed by atoms with Crippen LogP contribution in [-0.2, 0) is 9.53 Å². The van der Waals surface area contributed by atoms with Gasteiger partial charge in [-0.25, -0.2) is 0 Å². The quantitative estimate of drug-likeness (QED) is 0.506. The lowest BCUT2D eigenvalue weighted by molar-refractivity contribution is -0.145. The lowest BCUT2D eigenvalue weighted by atomic mass is 10.1. The molecule has 0 saturated carbocycles. The molecule has 2 atom stereocenters. The van der Waals surface area contributed by atoms with Crippen LogP contribution in [0.3, 0.4) is 0 Å². The third-order valence-corrected chi connectivity index (χ3v) is 2.18. The van der Waals surface area contributed by atoms with E-state index in [1.807, 2.05) is 0 Å². The van der Waals surface area contributed by atoms with Crippen molar-refractivity contribution in [2.75, 3.05) is 12.4 Å². The first-order valence-corrected chi connectivity index (χ1v) is 5.28. The maximum absolute atomic E-state index is 11.1. The van der Waals surface area contributed by atoms with Crippen LogP contribution >= 0.6 is 12.6 Å². The van der Waals surface area contributed by atoms with Crippen LogP contribution in [0.25, 0.3) is 0 Å². The van der Waals surface area contributed by atoms with Crippen molar-refractivity contribution in [3.8, 4) is 0 Å². The van der Waals surface area contributed by atoms with E-state index in [1.54, 1.807) is 0 Å². The number of ether oxygens (including phenoxy) is 1. The first kappa shape index (κ1) is 12.8. The Labute approximate surface area is 85.4 Å². The molecule has 0 fully saturated rings. The summed E-state index contributed by atoms with van der Waals surface area (Å²) in [5, 5.41) is 0. The van der Waals surface area contributed by atoms with E-state index in [9.17, 15) is 4.79 Å². The van der Waals surface area contributed by atoms with Gasteiger partial charge in [0.15, 0.2) is 0 Å². The van der Waals surface area contributed by atoms with Crippen LogP contribution in [0, 0.1) is 5.92 Å². The Morgan fingerprint density at radius 2 is 2.23 bits per heavy atom. The Hall–Kier alpha value is -0.220. The van der Waals surface area contributed by atoms with Crippen LogP contribution in [0.2, 0.25) is 0 Å². The van der Waals surface area contributed by atoms with E-state index in [-0.39, 0.29) is 5.97 Å². The van der Waals surface area contributed by atoms with Gasteiger partial charge in [-0.05, 0) is 12.3 Å². The standard InChI is InChI=1S/C9H19NO2S/c1-3-4-7(2)5-12-9(11)8(10)6-13/h7-8,13H,3-6,10H2,1-2H3/t7?,8-/m0/s1. The molecule has 3 nitrogen and oxygen atoms in total. The van der Waals surface area contributed by atoms with Gasteiger partial charge >= 0.3 is 5.97 Å². The SMILES string of the molecule is CCCC(C)COC(=O)[C@@H](N)CS. The summed E-state index contributed by atoms with van der Waals surface area (Å²) in [6.45, 7) is 4.63. The number of carbonyl (C=O) groups excluding carboxylic acids is 1. The minimum absolute atomic E-state index is 0.334. The summed E-state index contributed by atoms with van der Waals surface area (Å²) in [5.74, 6) is 0.403. The number of nitrogens with two attached hydrogens (primary N) is 1. The number of hydrogen-bond donors (Lipinski definition) is 2. The van der Waals surface area contributed by atoms with E-state index in [1.165, 1.54) is 0 Å². The number of thiol groups is 1. The van der Waals surface area contributed by atoms with Crippen molar-refractivity contribution in [1.29, 1.82) is 0 Å². The highest BCUT2D eigenvalue weighted by Gasteiger charge is 2.13. The summed E-state index contributed by atoms with van der Waals surface area (Å²) in [6, 6.07) is -0.586. The molecule has 0 aliphatic heterocycles. The highest BCUT2D eigenvalue weighted by atomic mass is 32.1. The fourth-order valence-corrected chi connectivity index (χ4v) is 1.13. The van der Waals surface area contributed by atoms with Gasteiger partial charge in [-0.3, -0.25) is 4.79 Å². The van der Waals surface area contributed by atoms with E-state index >= 15 is 0 Å². The van der Waals surface area contributed by atoms with Crippen molar-refractivity contribution < 1.29 is 9.53 Å². The minimum atomic E-state index is -0.586. The van der Waals surface area contributed by atoms with Crippen molar-refractivity contribution >= 4 is 18.6 Å². The molecule has 0 amide bonds. The molecule has 78 valence electrons. The normalized spacial score (nSPS) is 15.1. The first-order chi connectivity index (χ1) is 6.11. The molecule has 0 aromatic carbocycles. The van der Waals surface area contributed by atoms with E-state index in [2.05, 4.69) is 26.5 Å². The van der Waals surface area contributed by atoms with Gasteiger partial charge in [-0.2, -0.15) is 12.6 Å². The van der Waals surface area contributed by atoms with Crippen LogP contribution in [0.1, 0.15) is 26.7 Å². The number of rotatable bonds is 6. The smallest absolute Gasteiger partial charge is 0.323 e. The molecule has 0 aliphatic carbocycles. The van der Waals surface area contributed by atoms with Gasteiger partial charge in [0, 0.05) is 5.75 Å². The molecule has 0 aromatic rings. The summed E-state index contributed by atoms with van der Waals surface area (Å²) >= 11 is 3.91. The summed E-state index contributed by atoms with van der Waals surface area (Å²) in [7, 11) is 0. The van der Waals surface area contributed by atoms with E-state index in [0.29, 0.717) is 18.3 Å². The molecular weight excluding hydrogens is 186 g/mol. The Kier molecular flexibility index (Phi) is 7.09. The molecule has 1 unspecified atom stereocenters. The van der Waals surface area contributed by atoms with Crippen molar-refractivity contribution in [3.05, 3.63) is 0 Å². The predicted octanol–water partition coefficient (Wildman–Crippen LogP) is 1.22. The van der Waals surface area contributed by atoms with E-state index in [0.717, 1.165) is 12.8 Å². The van der Waals surface area contributed by atoms with Crippen LogP contribution in [0.4, 0.5) is 0 Å². The Morgan fingerprint density at radius 1 is 1.62 bits per heavy atom. The molecule has 0 rings (SSSR count). The van der Waals surface area contributed by atoms with Gasteiger partial charge in [0.1, 0.15) is 6.04 Å². The second kappa shape index (κ2) is 7.21. The van der Waals surface area contributed by atoms with Gasteiger partial charge in [0.2, 0.25) is 0 Å². The Bertz CT molecular complexity index is 153. The van der Waals surface area contributed by atoms with Crippen LogP contribution in [0.5, 0.6) is 0 Å². The van der Waals surface area contributed by atoms with Crippen molar-refractivity contribution in [2.45, 2.75) is 32.7 Å². The van der Waals surface area contributed by atoms with Gasteiger partial charge < -0.3 is 10.5 Å². The predicted molar refractivity (Wildman–Crippen MR) is 56.9 cm³/mol. The fourth-order valence-electron chi connectivity index (χ4n) is 0.982. The molecule has 4 heteroatoms. The lowest BCUT2D eigenvalue weighted by Gasteiger charge is -2.13. The lowest BCUT2D eigenvalue weighted by Crippen LogP contribution is -2.34. The van der Waals surface area contributed by atoms with Crippen molar-refractivity contribution in [3.63, 3.8) is 0 Å². The molecule has 0 heterocycles. The average Bonchev–Trinajstić information content (AvgIpc) is 2.13. The van der Waals surface area contributed by atoms with Gasteiger partial charge in [0.25, 0.3) is 0 Å². The van der Waals surface area contributed by atoms with Crippen molar-refractivity contribution in [1.82, 2.24) is 0 Å². The fraction of sp³-hybridized carbons (Fsp3) is 0.889. The van der Waals surface area contributed by atoms with E-state index in [4.69, 9.17) is 10.5 Å². The zero-order chi connectivity index (χ0) is 10.3. The van der Waals surface area contributed by atoms with Crippen LogP contribution in [-0.4, -0.2) is 24.4 Å². The topological polar surface area (TPSA) is 52.3 Å². The maximum Gasteiger partial charge on any atom is 0.323 e. The first-order valence-electron chi connectivity index (χ1n) is 4.64. The molecule has 2 N–H and O–H groups in total. The van der Waals surface area contributed by atoms with Gasteiger partial charge in [0.05, 0.1) is 6.61 Å². The minimum Gasteiger partial charge on any atom is -0.464 e. The molecule has 0 bridgehead atoms. The molecule has 0 spiro atoms. The molecule has 0 saturated heterocycles. The molecule has 13 heavy (non-hydrogen) atoms. The second-order valence-electron chi connectivity index (χ2n) is 3.31. The highest BCUT2D eigenvalue weighted by Crippen LogP contribution is 2.05. The van der Waals surface area contributed by atoms with E-state index < -0.39 is 6.04 Å². The third kappa shape index (κ3) is 5.93. The second-order valence-corrected chi connectivity index (χ2v) is 3.68.